The van der Waals surface area contributed by atoms with Crippen LogP contribution in [0.1, 0.15) is 51.5 Å². The van der Waals surface area contributed by atoms with Crippen molar-refractivity contribution in [1.29, 1.82) is 0 Å². The summed E-state index contributed by atoms with van der Waals surface area (Å²) >= 11 is 0. The van der Waals surface area contributed by atoms with E-state index in [1.807, 2.05) is 6.92 Å². The number of anilines is 2. The first-order valence-corrected chi connectivity index (χ1v) is 12.4. The van der Waals surface area contributed by atoms with Crippen LogP contribution in [0.25, 0.3) is 5.57 Å². The molecule has 0 radical (unpaired) electrons. The van der Waals surface area contributed by atoms with Gasteiger partial charge in [-0.2, -0.15) is 4.98 Å². The molecule has 1 saturated heterocycles. The van der Waals surface area contributed by atoms with Crippen molar-refractivity contribution in [3.63, 3.8) is 0 Å². The number of rotatable bonds is 7. The maximum Gasteiger partial charge on any atom is 0.224 e. The highest BCUT2D eigenvalue weighted by Gasteiger charge is 2.27. The first-order chi connectivity index (χ1) is 14.1. The number of aliphatic hydroxyl groups excluding tert-OH is 1. The molecule has 8 nitrogen and oxygen atoms in total. The van der Waals surface area contributed by atoms with E-state index in [1.54, 1.807) is 12.3 Å². The van der Waals surface area contributed by atoms with E-state index in [-0.39, 0.29) is 11.8 Å². The predicted molar refractivity (Wildman–Crippen MR) is 121 cm³/mol. The summed E-state index contributed by atoms with van der Waals surface area (Å²) in [4.78, 5) is 9.22. The van der Waals surface area contributed by atoms with E-state index in [1.165, 1.54) is 23.4 Å². The number of nitrogens with zero attached hydrogens (tertiary/aromatic N) is 3. The fraction of sp³-hybridized carbons (Fsp3) is 0.619. The van der Waals surface area contributed by atoms with Crippen LogP contribution in [0, 0.1) is 5.92 Å². The van der Waals surface area contributed by atoms with Gasteiger partial charge in [0.15, 0.2) is 0 Å². The van der Waals surface area contributed by atoms with Crippen molar-refractivity contribution in [2.45, 2.75) is 58.0 Å². The van der Waals surface area contributed by atoms with Gasteiger partial charge >= 0.3 is 0 Å². The molecule has 1 aromatic heterocycles. The first kappa shape index (κ1) is 22.6. The Morgan fingerprint density at radius 3 is 2.53 bits per heavy atom. The van der Waals surface area contributed by atoms with Gasteiger partial charge in [0.2, 0.25) is 16.0 Å². The number of hydrogen-bond donors (Lipinski definition) is 3. The van der Waals surface area contributed by atoms with E-state index in [4.69, 9.17) is 4.98 Å². The van der Waals surface area contributed by atoms with Crippen LogP contribution in [0.3, 0.4) is 0 Å². The molecule has 2 unspecified atom stereocenters. The Kier molecular flexibility index (Phi) is 7.02. The third-order valence-electron chi connectivity index (χ3n) is 6.04. The third kappa shape index (κ3) is 5.72. The molecule has 0 aromatic carbocycles. The Morgan fingerprint density at radius 2 is 1.97 bits per heavy atom. The van der Waals surface area contributed by atoms with Crippen molar-refractivity contribution >= 4 is 27.4 Å². The molecule has 1 aliphatic carbocycles. The molecule has 0 amide bonds. The van der Waals surface area contributed by atoms with Gasteiger partial charge in [-0.25, -0.2) is 17.7 Å². The minimum atomic E-state index is -3.14. The van der Waals surface area contributed by atoms with Crippen molar-refractivity contribution in [1.82, 2.24) is 14.3 Å². The van der Waals surface area contributed by atoms with Crippen LogP contribution < -0.4 is 10.6 Å². The number of aromatic nitrogens is 2. The minimum Gasteiger partial charge on any atom is -0.509 e. The summed E-state index contributed by atoms with van der Waals surface area (Å²) in [6.07, 6.45) is 9.55. The molecule has 0 spiro atoms. The molecule has 2 heterocycles. The fourth-order valence-electron chi connectivity index (χ4n) is 4.23. The van der Waals surface area contributed by atoms with Crippen molar-refractivity contribution in [3.8, 4) is 0 Å². The lowest BCUT2D eigenvalue weighted by molar-refractivity contribution is 0.331. The zero-order valence-corrected chi connectivity index (χ0v) is 18.9. The average molecular weight is 436 g/mol. The highest BCUT2D eigenvalue weighted by Crippen LogP contribution is 2.31. The molecular formula is C21H33N5O3S. The van der Waals surface area contributed by atoms with Gasteiger partial charge < -0.3 is 15.7 Å². The van der Waals surface area contributed by atoms with Crippen LogP contribution in [0.4, 0.5) is 11.8 Å². The molecule has 2 aliphatic rings. The van der Waals surface area contributed by atoms with E-state index in [9.17, 15) is 13.5 Å². The Bertz CT molecular complexity index is 907. The number of nitrogens with one attached hydrogen (secondary N) is 2. The maximum atomic E-state index is 11.7. The molecule has 3 N–H and O–H groups in total. The molecule has 9 heteroatoms. The van der Waals surface area contributed by atoms with E-state index < -0.39 is 10.0 Å². The van der Waals surface area contributed by atoms with Crippen molar-refractivity contribution in [3.05, 3.63) is 30.2 Å². The lowest BCUT2D eigenvalue weighted by atomic mass is 10.0. The van der Waals surface area contributed by atoms with Crippen LogP contribution in [-0.2, 0) is 10.0 Å². The largest absolute Gasteiger partial charge is 0.509 e. The van der Waals surface area contributed by atoms with Crippen LogP contribution >= 0.6 is 0 Å². The number of piperidine rings is 1. The number of hydrogen-bond acceptors (Lipinski definition) is 7. The van der Waals surface area contributed by atoms with Crippen molar-refractivity contribution in [2.24, 2.45) is 5.92 Å². The molecule has 1 aliphatic heterocycles. The quantitative estimate of drug-likeness (QED) is 0.445. The second kappa shape index (κ2) is 9.34. The lowest BCUT2D eigenvalue weighted by Gasteiger charge is -2.30. The summed E-state index contributed by atoms with van der Waals surface area (Å²) in [6.45, 7) is 8.69. The molecule has 30 heavy (non-hydrogen) atoms. The predicted octanol–water partition coefficient (Wildman–Crippen LogP) is 3.39. The summed E-state index contributed by atoms with van der Waals surface area (Å²) in [5, 5.41) is 16.5. The Balaban J connectivity index is 1.77. The summed E-state index contributed by atoms with van der Waals surface area (Å²) < 4.78 is 24.9. The Hall–Kier alpha value is -2.13. The maximum absolute atomic E-state index is 11.7. The van der Waals surface area contributed by atoms with Crippen LogP contribution in [0.2, 0.25) is 0 Å². The normalized spacial score (nSPS) is 24.0. The van der Waals surface area contributed by atoms with Crippen molar-refractivity contribution < 1.29 is 13.5 Å². The SMILES string of the molecule is C=C(O)/C=C(\C)c1cnc(NC2CCN(S(C)(=O)=O)CC2)nc1NC1CCCC1C. The summed E-state index contributed by atoms with van der Waals surface area (Å²) in [6, 6.07) is 0.482. The fourth-order valence-corrected chi connectivity index (χ4v) is 5.10. The number of aliphatic hydroxyl groups is 1. The molecule has 0 bridgehead atoms. The van der Waals surface area contributed by atoms with Gasteiger partial charge in [0, 0.05) is 36.9 Å². The summed E-state index contributed by atoms with van der Waals surface area (Å²) in [5.41, 5.74) is 1.67. The highest BCUT2D eigenvalue weighted by molar-refractivity contribution is 7.88. The second-order valence-corrected chi connectivity index (χ2v) is 10.5. The van der Waals surface area contributed by atoms with Gasteiger partial charge in [-0.3, -0.25) is 0 Å². The second-order valence-electron chi connectivity index (χ2n) is 8.51. The average Bonchev–Trinajstić information content (AvgIpc) is 3.06. The number of sulfonamides is 1. The van der Waals surface area contributed by atoms with Crippen molar-refractivity contribution in [2.75, 3.05) is 30.0 Å². The van der Waals surface area contributed by atoms with Gasteiger partial charge in [-0.05, 0) is 50.2 Å². The lowest BCUT2D eigenvalue weighted by Crippen LogP contribution is -2.42. The highest BCUT2D eigenvalue weighted by atomic mass is 32.2. The molecule has 1 saturated carbocycles. The zero-order chi connectivity index (χ0) is 21.9. The zero-order valence-electron chi connectivity index (χ0n) is 18.1. The third-order valence-corrected chi connectivity index (χ3v) is 7.34. The first-order valence-electron chi connectivity index (χ1n) is 10.5. The van der Waals surface area contributed by atoms with Gasteiger partial charge in [-0.15, -0.1) is 0 Å². The van der Waals surface area contributed by atoms with Crippen LogP contribution in [0.5, 0.6) is 0 Å². The molecule has 1 aromatic rings. The molecule has 3 rings (SSSR count). The smallest absolute Gasteiger partial charge is 0.224 e. The molecule has 2 atom stereocenters. The topological polar surface area (TPSA) is 107 Å². The monoisotopic (exact) mass is 435 g/mol. The van der Waals surface area contributed by atoms with E-state index in [0.717, 1.165) is 23.4 Å². The summed E-state index contributed by atoms with van der Waals surface area (Å²) in [7, 11) is -3.14. The minimum absolute atomic E-state index is 0.00692. The number of allylic oxidation sites excluding steroid dienone is 2. The summed E-state index contributed by atoms with van der Waals surface area (Å²) in [5.74, 6) is 1.84. The van der Waals surface area contributed by atoms with Gasteiger partial charge in [0.25, 0.3) is 0 Å². The van der Waals surface area contributed by atoms with Gasteiger partial charge in [0.05, 0.1) is 6.26 Å². The van der Waals surface area contributed by atoms with Gasteiger partial charge in [0.1, 0.15) is 11.6 Å². The van der Waals surface area contributed by atoms with Crippen LogP contribution in [-0.4, -0.2) is 59.2 Å². The van der Waals surface area contributed by atoms with E-state index >= 15 is 0 Å². The van der Waals surface area contributed by atoms with Gasteiger partial charge in [-0.1, -0.05) is 19.9 Å². The Labute approximate surface area is 179 Å². The molecule has 166 valence electrons. The van der Waals surface area contributed by atoms with E-state index in [2.05, 4.69) is 29.1 Å². The standard InChI is InChI=1S/C21H33N5O3S/c1-14-6-5-7-19(14)24-20-18(15(2)12-16(3)27)13-22-21(25-20)23-17-8-10-26(11-9-17)30(4,28)29/h12-14,17,19,27H,3,5-11H2,1-2,4H3,(H2,22,23,24,25)/b15-12+. The molecular weight excluding hydrogens is 402 g/mol. The van der Waals surface area contributed by atoms with E-state index in [0.29, 0.717) is 43.8 Å². The molecule has 2 fully saturated rings. The van der Waals surface area contributed by atoms with Crippen LogP contribution in [0.15, 0.2) is 24.6 Å². The Morgan fingerprint density at radius 1 is 1.27 bits per heavy atom.